The Balaban J connectivity index is 2.46. The van der Waals surface area contributed by atoms with E-state index in [2.05, 4.69) is 51.1 Å². The van der Waals surface area contributed by atoms with Gasteiger partial charge in [-0.2, -0.15) is 0 Å². The smallest absolute Gasteiger partial charge is 0.238 e. The van der Waals surface area contributed by atoms with E-state index in [0.29, 0.717) is 18.1 Å². The average molecular weight is 381 g/mol. The fourth-order valence-electron chi connectivity index (χ4n) is 3.04. The van der Waals surface area contributed by atoms with E-state index < -0.39 is 10.0 Å². The molecule has 1 aromatic heterocycles. The van der Waals surface area contributed by atoms with Crippen molar-refractivity contribution in [1.82, 2.24) is 14.5 Å². The van der Waals surface area contributed by atoms with Crippen LogP contribution in [0.1, 0.15) is 53.3 Å². The van der Waals surface area contributed by atoms with Crippen molar-refractivity contribution < 1.29 is 8.42 Å². The van der Waals surface area contributed by atoms with Crippen molar-refractivity contribution >= 4 is 21.1 Å². The van der Waals surface area contributed by atoms with E-state index >= 15 is 0 Å². The van der Waals surface area contributed by atoms with Crippen molar-refractivity contribution in [2.24, 2.45) is 10.6 Å². The first-order valence-corrected chi connectivity index (χ1v) is 10.7. The monoisotopic (exact) mass is 380 g/mol. The van der Waals surface area contributed by atoms with E-state index in [1.54, 1.807) is 12.1 Å². The summed E-state index contributed by atoms with van der Waals surface area (Å²) in [6, 6.07) is 5.33. The third-order valence-corrected chi connectivity index (χ3v) is 6.08. The third-order valence-electron chi connectivity index (χ3n) is 5.17. The Labute approximate surface area is 157 Å². The highest BCUT2D eigenvalue weighted by Gasteiger charge is 2.25. The molecule has 0 radical (unpaired) electrons. The van der Waals surface area contributed by atoms with Crippen molar-refractivity contribution in [3.8, 4) is 0 Å². The maximum Gasteiger partial charge on any atom is 0.238 e. The van der Waals surface area contributed by atoms with Crippen molar-refractivity contribution in [3.05, 3.63) is 24.0 Å². The molecule has 6 nitrogen and oxygen atoms in total. The molecule has 0 bridgehead atoms. The molecule has 1 unspecified atom stereocenters. The molecule has 1 aromatic carbocycles. The molecule has 0 fully saturated rings. The van der Waals surface area contributed by atoms with Gasteiger partial charge in [0.25, 0.3) is 0 Å². The van der Waals surface area contributed by atoms with Gasteiger partial charge in [0.05, 0.1) is 22.5 Å². The number of nitrogens with zero attached hydrogens (tertiary/aromatic N) is 3. The average Bonchev–Trinajstić information content (AvgIpc) is 2.86. The highest BCUT2D eigenvalue weighted by atomic mass is 32.2. The highest BCUT2D eigenvalue weighted by Crippen LogP contribution is 2.26. The van der Waals surface area contributed by atoms with Gasteiger partial charge in [0.15, 0.2) is 0 Å². The van der Waals surface area contributed by atoms with Crippen LogP contribution >= 0.6 is 0 Å². The van der Waals surface area contributed by atoms with Crippen molar-refractivity contribution in [2.75, 3.05) is 7.05 Å². The maximum absolute atomic E-state index is 11.7. The standard InChI is InChI=1S/C19H32N4O2S/c1-7-8-11-23-17-10-9-15(26(20,24)25)12-16(17)21-18(23)13-22(6)14(2)19(3,4)5/h9-10,12,14H,7-8,11,13H2,1-6H3,(H2,20,24,25). The summed E-state index contributed by atoms with van der Waals surface area (Å²) in [4.78, 5) is 7.15. The van der Waals surface area contributed by atoms with Crippen LogP contribution in [-0.4, -0.2) is 36.0 Å². The number of sulfonamides is 1. The molecule has 7 heteroatoms. The Morgan fingerprint density at radius 3 is 2.50 bits per heavy atom. The number of rotatable bonds is 7. The molecular weight excluding hydrogens is 348 g/mol. The highest BCUT2D eigenvalue weighted by molar-refractivity contribution is 7.89. The maximum atomic E-state index is 11.7. The summed E-state index contributed by atoms with van der Waals surface area (Å²) in [7, 11) is -1.62. The van der Waals surface area contributed by atoms with Crippen LogP contribution in [0.2, 0.25) is 0 Å². The van der Waals surface area contributed by atoms with Crippen molar-refractivity contribution in [3.63, 3.8) is 0 Å². The van der Waals surface area contributed by atoms with E-state index in [4.69, 9.17) is 10.1 Å². The number of fused-ring (bicyclic) bond motifs is 1. The van der Waals surface area contributed by atoms with E-state index in [-0.39, 0.29) is 10.3 Å². The Bertz CT molecular complexity index is 866. The summed E-state index contributed by atoms with van der Waals surface area (Å²) in [5.74, 6) is 0.957. The fourth-order valence-corrected chi connectivity index (χ4v) is 3.58. The quantitative estimate of drug-likeness (QED) is 0.799. The molecule has 0 saturated carbocycles. The number of hydrogen-bond acceptors (Lipinski definition) is 4. The van der Waals surface area contributed by atoms with Crippen LogP contribution in [0.3, 0.4) is 0 Å². The third kappa shape index (κ3) is 4.64. The first-order chi connectivity index (χ1) is 11.9. The van der Waals surface area contributed by atoms with Crippen LogP contribution in [0.5, 0.6) is 0 Å². The second-order valence-corrected chi connectivity index (χ2v) is 9.75. The predicted octanol–water partition coefficient (Wildman–Crippen LogP) is 3.35. The number of primary sulfonamides is 1. The Morgan fingerprint density at radius 1 is 1.31 bits per heavy atom. The summed E-state index contributed by atoms with van der Waals surface area (Å²) < 4.78 is 25.5. The van der Waals surface area contributed by atoms with Gasteiger partial charge in [-0.05, 0) is 44.0 Å². The van der Waals surface area contributed by atoms with Gasteiger partial charge in [0.2, 0.25) is 10.0 Å². The van der Waals surface area contributed by atoms with Crippen LogP contribution in [0.4, 0.5) is 0 Å². The summed E-state index contributed by atoms with van der Waals surface area (Å²) in [6.45, 7) is 12.6. The van der Waals surface area contributed by atoms with E-state index in [1.807, 2.05) is 6.07 Å². The van der Waals surface area contributed by atoms with E-state index in [9.17, 15) is 8.42 Å². The lowest BCUT2D eigenvalue weighted by molar-refractivity contribution is 0.130. The first-order valence-electron chi connectivity index (χ1n) is 9.17. The molecule has 1 heterocycles. The molecule has 26 heavy (non-hydrogen) atoms. The molecule has 0 aliphatic heterocycles. The van der Waals surface area contributed by atoms with Crippen molar-refractivity contribution in [2.45, 2.75) is 71.5 Å². The zero-order valence-electron chi connectivity index (χ0n) is 16.8. The molecule has 2 rings (SSSR count). The first kappa shape index (κ1) is 20.9. The fraction of sp³-hybridized carbons (Fsp3) is 0.632. The molecule has 2 aromatic rings. The number of aromatic nitrogens is 2. The normalized spacial score (nSPS) is 14.3. The van der Waals surface area contributed by atoms with Crippen LogP contribution in [0.15, 0.2) is 23.1 Å². The molecular formula is C19H32N4O2S. The molecule has 2 N–H and O–H groups in total. The minimum Gasteiger partial charge on any atom is -0.327 e. The molecule has 0 amide bonds. The van der Waals surface area contributed by atoms with Crippen LogP contribution in [-0.2, 0) is 23.1 Å². The molecule has 0 saturated heterocycles. The largest absolute Gasteiger partial charge is 0.327 e. The van der Waals surface area contributed by atoms with Crippen LogP contribution < -0.4 is 5.14 Å². The molecule has 1 atom stereocenters. The Kier molecular flexibility index (Phi) is 6.15. The van der Waals surface area contributed by atoms with Gasteiger partial charge in [-0.3, -0.25) is 4.90 Å². The number of aryl methyl sites for hydroxylation is 1. The van der Waals surface area contributed by atoms with Gasteiger partial charge in [-0.25, -0.2) is 18.5 Å². The number of unbranched alkanes of at least 4 members (excludes halogenated alkanes) is 1. The molecule has 0 spiro atoms. The van der Waals surface area contributed by atoms with E-state index in [0.717, 1.165) is 30.7 Å². The Morgan fingerprint density at radius 2 is 1.96 bits per heavy atom. The van der Waals surface area contributed by atoms with Gasteiger partial charge >= 0.3 is 0 Å². The summed E-state index contributed by atoms with van der Waals surface area (Å²) >= 11 is 0. The minimum atomic E-state index is -3.73. The summed E-state index contributed by atoms with van der Waals surface area (Å²) in [6.07, 6.45) is 2.14. The van der Waals surface area contributed by atoms with Gasteiger partial charge in [-0.15, -0.1) is 0 Å². The summed E-state index contributed by atoms with van der Waals surface area (Å²) in [5.41, 5.74) is 1.80. The van der Waals surface area contributed by atoms with Gasteiger partial charge in [-0.1, -0.05) is 34.1 Å². The molecule has 146 valence electrons. The van der Waals surface area contributed by atoms with Crippen LogP contribution in [0, 0.1) is 5.41 Å². The SMILES string of the molecule is CCCCn1c(CN(C)C(C)C(C)(C)C)nc2cc(S(N)(=O)=O)ccc21. The van der Waals surface area contributed by atoms with Gasteiger partial charge in [0.1, 0.15) is 5.82 Å². The lowest BCUT2D eigenvalue weighted by atomic mass is 9.87. The zero-order valence-corrected chi connectivity index (χ0v) is 17.6. The van der Waals surface area contributed by atoms with E-state index in [1.165, 1.54) is 0 Å². The number of imidazole rings is 1. The second kappa shape index (κ2) is 7.66. The Hall–Kier alpha value is -1.44. The van der Waals surface area contributed by atoms with Gasteiger partial charge in [0, 0.05) is 12.6 Å². The zero-order chi connectivity index (χ0) is 19.7. The van der Waals surface area contributed by atoms with Gasteiger partial charge < -0.3 is 4.57 Å². The molecule has 0 aliphatic rings. The second-order valence-electron chi connectivity index (χ2n) is 8.19. The summed E-state index contributed by atoms with van der Waals surface area (Å²) in [5, 5.41) is 5.27. The minimum absolute atomic E-state index is 0.105. The number of nitrogens with two attached hydrogens (primary N) is 1. The molecule has 0 aliphatic carbocycles. The number of hydrogen-bond donors (Lipinski definition) is 1. The lowest BCUT2D eigenvalue weighted by Crippen LogP contribution is -2.39. The predicted molar refractivity (Wildman–Crippen MR) is 106 cm³/mol. The van der Waals surface area contributed by atoms with Crippen LogP contribution in [0.25, 0.3) is 11.0 Å². The lowest BCUT2D eigenvalue weighted by Gasteiger charge is -2.35. The number of benzene rings is 1. The topological polar surface area (TPSA) is 81.2 Å². The van der Waals surface area contributed by atoms with Crippen molar-refractivity contribution in [1.29, 1.82) is 0 Å².